The summed E-state index contributed by atoms with van der Waals surface area (Å²) in [6, 6.07) is 2.91. The number of allylic oxidation sites excluding steroid dienone is 1. The van der Waals surface area contributed by atoms with Crippen molar-refractivity contribution in [2.24, 2.45) is 0 Å². The van der Waals surface area contributed by atoms with E-state index in [-0.39, 0.29) is 6.04 Å². The van der Waals surface area contributed by atoms with Crippen LogP contribution in [0.15, 0.2) is 29.8 Å². The first-order chi connectivity index (χ1) is 13.7. The molecule has 0 saturated carbocycles. The lowest BCUT2D eigenvalue weighted by atomic mass is 10.0. The van der Waals surface area contributed by atoms with Gasteiger partial charge in [0, 0.05) is 11.6 Å². The van der Waals surface area contributed by atoms with E-state index in [0.717, 1.165) is 24.1 Å². The quantitative estimate of drug-likeness (QED) is 0.692. The van der Waals surface area contributed by atoms with Crippen LogP contribution in [0.2, 0.25) is 0 Å². The minimum atomic E-state index is -0.985. The maximum Gasteiger partial charge on any atom is 0.416 e. The Morgan fingerprint density at radius 1 is 1.24 bits per heavy atom. The zero-order valence-electron chi connectivity index (χ0n) is 17.1. The van der Waals surface area contributed by atoms with Gasteiger partial charge in [-0.15, -0.1) is 0 Å². The second-order valence-corrected chi connectivity index (χ2v) is 6.95. The highest BCUT2D eigenvalue weighted by Gasteiger charge is 2.38. The number of nitrogens with zero attached hydrogens (tertiary/aromatic N) is 2. The van der Waals surface area contributed by atoms with E-state index in [2.05, 4.69) is 4.74 Å². The lowest BCUT2D eigenvalue weighted by Crippen LogP contribution is -2.47. The molecule has 0 aliphatic carbocycles. The maximum absolute atomic E-state index is 13.7. The normalized spacial score (nSPS) is 19.2. The predicted octanol–water partition coefficient (Wildman–Crippen LogP) is 3.97. The van der Waals surface area contributed by atoms with Crippen LogP contribution in [0.5, 0.6) is 0 Å². The number of halogens is 2. The first-order valence-corrected chi connectivity index (χ1v) is 9.56. The Morgan fingerprint density at radius 3 is 2.48 bits per heavy atom. The van der Waals surface area contributed by atoms with Gasteiger partial charge >= 0.3 is 6.09 Å². The molecular formula is C21H26F2N2O4. The number of amides is 3. The molecule has 1 fully saturated rings. The molecule has 2 rings (SSSR count). The number of benzene rings is 1. The van der Waals surface area contributed by atoms with Gasteiger partial charge in [-0.3, -0.25) is 9.59 Å². The Kier molecular flexibility index (Phi) is 7.47. The molecule has 0 aromatic heterocycles. The molecule has 0 radical (unpaired) electrons. The monoisotopic (exact) mass is 408 g/mol. The fourth-order valence-electron chi connectivity index (χ4n) is 3.65. The highest BCUT2D eigenvalue weighted by Crippen LogP contribution is 2.36. The predicted molar refractivity (Wildman–Crippen MR) is 103 cm³/mol. The van der Waals surface area contributed by atoms with Crippen LogP contribution in [0.25, 0.3) is 0 Å². The SMILES string of the molecule is C/C=C(\CC)C(=O)N(CC(=O)N1[C@@H](C)CC[C@H]1c1ccc(F)c(F)c1)C(=O)OC. The number of hydrogen-bond acceptors (Lipinski definition) is 4. The first kappa shape index (κ1) is 22.5. The second-order valence-electron chi connectivity index (χ2n) is 6.95. The van der Waals surface area contributed by atoms with Gasteiger partial charge in [0.2, 0.25) is 5.91 Å². The average molecular weight is 408 g/mol. The number of methoxy groups -OCH3 is 1. The molecule has 1 aromatic rings. The van der Waals surface area contributed by atoms with Gasteiger partial charge in [0.05, 0.1) is 13.2 Å². The minimum absolute atomic E-state index is 0.178. The van der Waals surface area contributed by atoms with Crippen LogP contribution in [0.1, 0.15) is 51.6 Å². The number of imide groups is 1. The molecule has 0 unspecified atom stereocenters. The third kappa shape index (κ3) is 4.81. The number of carbonyl (C=O) groups excluding carboxylic acids is 3. The molecule has 158 valence electrons. The Balaban J connectivity index is 2.29. The molecule has 1 heterocycles. The van der Waals surface area contributed by atoms with Crippen LogP contribution in [0.4, 0.5) is 13.6 Å². The number of likely N-dealkylation sites (tertiary alicyclic amines) is 1. The largest absolute Gasteiger partial charge is 0.452 e. The van der Waals surface area contributed by atoms with E-state index >= 15 is 0 Å². The summed E-state index contributed by atoms with van der Waals surface area (Å²) in [4.78, 5) is 40.2. The van der Waals surface area contributed by atoms with Gasteiger partial charge in [0.25, 0.3) is 5.91 Å². The Bertz CT molecular complexity index is 825. The Labute approximate surface area is 169 Å². The first-order valence-electron chi connectivity index (χ1n) is 9.56. The molecule has 1 aliphatic heterocycles. The van der Waals surface area contributed by atoms with E-state index < -0.39 is 42.1 Å². The summed E-state index contributed by atoms with van der Waals surface area (Å²) in [5.41, 5.74) is 0.857. The fraction of sp³-hybridized carbons (Fsp3) is 0.476. The van der Waals surface area contributed by atoms with Crippen LogP contribution < -0.4 is 0 Å². The smallest absolute Gasteiger partial charge is 0.416 e. The van der Waals surface area contributed by atoms with Crippen molar-refractivity contribution in [2.75, 3.05) is 13.7 Å². The van der Waals surface area contributed by atoms with E-state index in [1.54, 1.807) is 19.9 Å². The fourth-order valence-corrected chi connectivity index (χ4v) is 3.65. The van der Waals surface area contributed by atoms with Gasteiger partial charge in [0.15, 0.2) is 11.6 Å². The molecule has 0 N–H and O–H groups in total. The van der Waals surface area contributed by atoms with Crippen molar-refractivity contribution >= 4 is 17.9 Å². The molecule has 1 aromatic carbocycles. The van der Waals surface area contributed by atoms with Crippen molar-refractivity contribution in [3.8, 4) is 0 Å². The van der Waals surface area contributed by atoms with Crippen LogP contribution >= 0.6 is 0 Å². The van der Waals surface area contributed by atoms with E-state index in [1.807, 2.05) is 6.92 Å². The zero-order chi connectivity index (χ0) is 21.7. The van der Waals surface area contributed by atoms with Crippen molar-refractivity contribution < 1.29 is 27.9 Å². The molecule has 29 heavy (non-hydrogen) atoms. The molecule has 1 aliphatic rings. The summed E-state index contributed by atoms with van der Waals surface area (Å²) >= 11 is 0. The molecule has 1 saturated heterocycles. The molecule has 6 nitrogen and oxygen atoms in total. The highest BCUT2D eigenvalue weighted by molar-refractivity contribution is 6.04. The topological polar surface area (TPSA) is 66.9 Å². The molecule has 0 bridgehead atoms. The van der Waals surface area contributed by atoms with Crippen LogP contribution in [-0.4, -0.2) is 47.4 Å². The lowest BCUT2D eigenvalue weighted by Gasteiger charge is -2.31. The third-order valence-corrected chi connectivity index (χ3v) is 5.22. The van der Waals surface area contributed by atoms with Crippen molar-refractivity contribution in [3.63, 3.8) is 0 Å². The summed E-state index contributed by atoms with van der Waals surface area (Å²) < 4.78 is 31.7. The van der Waals surface area contributed by atoms with Crippen molar-refractivity contribution in [3.05, 3.63) is 47.0 Å². The Hall–Kier alpha value is -2.77. The number of carbonyl (C=O) groups is 3. The molecule has 3 amide bonds. The van der Waals surface area contributed by atoms with Gasteiger partial charge in [-0.05, 0) is 50.8 Å². The van der Waals surface area contributed by atoms with Gasteiger partial charge in [0.1, 0.15) is 6.54 Å². The minimum Gasteiger partial charge on any atom is -0.452 e. The van der Waals surface area contributed by atoms with Gasteiger partial charge < -0.3 is 9.64 Å². The summed E-state index contributed by atoms with van der Waals surface area (Å²) in [6.07, 6.45) is 2.29. The number of rotatable bonds is 5. The van der Waals surface area contributed by atoms with Crippen LogP contribution in [0.3, 0.4) is 0 Å². The molecule has 8 heteroatoms. The van der Waals surface area contributed by atoms with E-state index in [0.29, 0.717) is 30.4 Å². The zero-order valence-corrected chi connectivity index (χ0v) is 17.1. The molecule has 2 atom stereocenters. The third-order valence-electron chi connectivity index (χ3n) is 5.22. The van der Waals surface area contributed by atoms with E-state index in [4.69, 9.17) is 0 Å². The van der Waals surface area contributed by atoms with Crippen molar-refractivity contribution in [1.29, 1.82) is 0 Å². The second kappa shape index (κ2) is 9.62. The van der Waals surface area contributed by atoms with Crippen LogP contribution in [0, 0.1) is 11.6 Å². The van der Waals surface area contributed by atoms with Crippen LogP contribution in [-0.2, 0) is 14.3 Å². The summed E-state index contributed by atoms with van der Waals surface area (Å²) in [5, 5.41) is 0. The summed E-state index contributed by atoms with van der Waals surface area (Å²) in [6.45, 7) is 4.79. The van der Waals surface area contributed by atoms with Crippen molar-refractivity contribution in [1.82, 2.24) is 9.80 Å². The molecule has 0 spiro atoms. The van der Waals surface area contributed by atoms with E-state index in [1.165, 1.54) is 11.0 Å². The number of ether oxygens (including phenoxy) is 1. The van der Waals surface area contributed by atoms with E-state index in [9.17, 15) is 23.2 Å². The summed E-state index contributed by atoms with van der Waals surface area (Å²) in [7, 11) is 1.14. The Morgan fingerprint density at radius 2 is 1.93 bits per heavy atom. The standard InChI is InChI=1S/C21H26F2N2O4/c1-5-14(6-2)20(27)24(21(28)29-4)12-19(26)25-13(3)7-10-18(25)15-8-9-16(22)17(23)11-15/h5,8-9,11,13,18H,6-7,10,12H2,1-4H3/b14-5+/t13-,18-/m0/s1. The maximum atomic E-state index is 13.7. The lowest BCUT2D eigenvalue weighted by molar-refractivity contribution is -0.139. The highest BCUT2D eigenvalue weighted by atomic mass is 19.2. The van der Waals surface area contributed by atoms with Crippen molar-refractivity contribution in [2.45, 2.75) is 52.1 Å². The number of hydrogen-bond donors (Lipinski definition) is 0. The molecular weight excluding hydrogens is 382 g/mol. The van der Waals surface area contributed by atoms with Gasteiger partial charge in [-0.2, -0.15) is 0 Å². The summed E-state index contributed by atoms with van der Waals surface area (Å²) in [5.74, 6) is -3.00. The van der Waals surface area contributed by atoms with Gasteiger partial charge in [-0.1, -0.05) is 19.1 Å². The average Bonchev–Trinajstić information content (AvgIpc) is 3.09. The van der Waals surface area contributed by atoms with Gasteiger partial charge in [-0.25, -0.2) is 18.5 Å².